The summed E-state index contributed by atoms with van der Waals surface area (Å²) in [5, 5.41) is 2.59. The highest BCUT2D eigenvalue weighted by Crippen LogP contribution is 2.04. The third-order valence-electron chi connectivity index (χ3n) is 2.38. The molecule has 0 saturated carbocycles. The van der Waals surface area contributed by atoms with Crippen LogP contribution in [0.25, 0.3) is 6.08 Å². The van der Waals surface area contributed by atoms with E-state index in [2.05, 4.69) is 5.32 Å². The van der Waals surface area contributed by atoms with Crippen LogP contribution in [-0.4, -0.2) is 5.91 Å². The van der Waals surface area contributed by atoms with Crippen molar-refractivity contribution in [3.05, 3.63) is 77.7 Å². The van der Waals surface area contributed by atoms with Crippen molar-refractivity contribution in [1.82, 2.24) is 5.32 Å². The number of rotatable bonds is 3. The maximum atomic E-state index is 12.9. The van der Waals surface area contributed by atoms with Crippen molar-refractivity contribution in [2.24, 2.45) is 0 Å². The standard InChI is InChI=1S/C15H12FNO/c16-14-8-4-7-13(11-14)15(18)17-10-9-12-5-2-1-3-6-12/h1-11H,(H,17,18). The summed E-state index contributed by atoms with van der Waals surface area (Å²) in [5.74, 6) is -0.753. The molecule has 1 N–H and O–H groups in total. The van der Waals surface area contributed by atoms with Gasteiger partial charge in [0.2, 0.25) is 0 Å². The Morgan fingerprint density at radius 2 is 1.83 bits per heavy atom. The highest BCUT2D eigenvalue weighted by Gasteiger charge is 2.03. The summed E-state index contributed by atoms with van der Waals surface area (Å²) in [4.78, 5) is 11.7. The van der Waals surface area contributed by atoms with Gasteiger partial charge < -0.3 is 5.32 Å². The summed E-state index contributed by atoms with van der Waals surface area (Å²) < 4.78 is 12.9. The predicted molar refractivity (Wildman–Crippen MR) is 69.3 cm³/mol. The van der Waals surface area contributed by atoms with Crippen LogP contribution >= 0.6 is 0 Å². The number of hydrogen-bond acceptors (Lipinski definition) is 1. The van der Waals surface area contributed by atoms with E-state index in [1.165, 1.54) is 18.2 Å². The van der Waals surface area contributed by atoms with Gasteiger partial charge in [0, 0.05) is 11.8 Å². The summed E-state index contributed by atoms with van der Waals surface area (Å²) >= 11 is 0. The molecule has 0 atom stereocenters. The van der Waals surface area contributed by atoms with Crippen LogP contribution in [0.3, 0.4) is 0 Å². The molecule has 0 aliphatic carbocycles. The molecule has 2 rings (SSSR count). The van der Waals surface area contributed by atoms with Gasteiger partial charge in [0.25, 0.3) is 5.91 Å². The predicted octanol–water partition coefficient (Wildman–Crippen LogP) is 3.23. The Hall–Kier alpha value is -2.42. The van der Waals surface area contributed by atoms with Crippen molar-refractivity contribution in [3.63, 3.8) is 0 Å². The third kappa shape index (κ3) is 3.28. The lowest BCUT2D eigenvalue weighted by atomic mass is 10.2. The van der Waals surface area contributed by atoms with Gasteiger partial charge >= 0.3 is 0 Å². The van der Waals surface area contributed by atoms with Crippen molar-refractivity contribution in [2.75, 3.05) is 0 Å². The molecular formula is C15H12FNO. The maximum Gasteiger partial charge on any atom is 0.255 e. The topological polar surface area (TPSA) is 29.1 Å². The fraction of sp³-hybridized carbons (Fsp3) is 0. The Kier molecular flexibility index (Phi) is 3.86. The van der Waals surface area contributed by atoms with E-state index in [9.17, 15) is 9.18 Å². The first kappa shape index (κ1) is 12.0. The zero-order chi connectivity index (χ0) is 12.8. The Morgan fingerprint density at radius 1 is 1.06 bits per heavy atom. The van der Waals surface area contributed by atoms with Crippen molar-refractivity contribution < 1.29 is 9.18 Å². The Labute approximate surface area is 105 Å². The number of amides is 1. The highest BCUT2D eigenvalue weighted by molar-refractivity contribution is 5.95. The minimum absolute atomic E-state index is 0.299. The molecule has 2 aromatic carbocycles. The van der Waals surface area contributed by atoms with E-state index in [-0.39, 0.29) is 5.91 Å². The van der Waals surface area contributed by atoms with Crippen molar-refractivity contribution >= 4 is 12.0 Å². The van der Waals surface area contributed by atoms with Crippen LogP contribution in [0.1, 0.15) is 15.9 Å². The van der Waals surface area contributed by atoms with E-state index in [1.54, 1.807) is 18.3 Å². The molecule has 0 fully saturated rings. The van der Waals surface area contributed by atoms with Crippen LogP contribution in [0.15, 0.2) is 60.8 Å². The number of halogens is 1. The van der Waals surface area contributed by atoms with E-state index in [0.717, 1.165) is 5.56 Å². The van der Waals surface area contributed by atoms with Crippen molar-refractivity contribution in [2.45, 2.75) is 0 Å². The minimum atomic E-state index is -0.422. The van der Waals surface area contributed by atoms with Gasteiger partial charge in [-0.1, -0.05) is 36.4 Å². The van der Waals surface area contributed by atoms with Crippen LogP contribution in [0.5, 0.6) is 0 Å². The summed E-state index contributed by atoms with van der Waals surface area (Å²) in [7, 11) is 0. The van der Waals surface area contributed by atoms with Crippen molar-refractivity contribution in [3.8, 4) is 0 Å². The molecule has 18 heavy (non-hydrogen) atoms. The van der Waals surface area contributed by atoms with E-state index < -0.39 is 5.82 Å². The van der Waals surface area contributed by atoms with Gasteiger partial charge in [0.15, 0.2) is 0 Å². The van der Waals surface area contributed by atoms with Crippen LogP contribution < -0.4 is 5.32 Å². The van der Waals surface area contributed by atoms with E-state index >= 15 is 0 Å². The van der Waals surface area contributed by atoms with E-state index in [0.29, 0.717) is 5.56 Å². The molecule has 90 valence electrons. The molecule has 0 saturated heterocycles. The lowest BCUT2D eigenvalue weighted by molar-refractivity contribution is 0.0970. The van der Waals surface area contributed by atoms with Gasteiger partial charge in [-0.25, -0.2) is 4.39 Å². The molecular weight excluding hydrogens is 229 g/mol. The minimum Gasteiger partial charge on any atom is -0.329 e. The maximum absolute atomic E-state index is 12.9. The molecule has 0 heterocycles. The van der Waals surface area contributed by atoms with Crippen LogP contribution in [0.2, 0.25) is 0 Å². The normalized spacial score (nSPS) is 10.5. The average Bonchev–Trinajstić information content (AvgIpc) is 2.40. The number of nitrogens with one attached hydrogen (secondary N) is 1. The Bertz CT molecular complexity index is 564. The fourth-order valence-electron chi connectivity index (χ4n) is 1.49. The molecule has 3 heteroatoms. The second-order valence-corrected chi connectivity index (χ2v) is 3.73. The van der Waals surface area contributed by atoms with E-state index in [4.69, 9.17) is 0 Å². The second kappa shape index (κ2) is 5.77. The fourth-order valence-corrected chi connectivity index (χ4v) is 1.49. The quantitative estimate of drug-likeness (QED) is 0.878. The van der Waals surface area contributed by atoms with Gasteiger partial charge in [-0.15, -0.1) is 0 Å². The van der Waals surface area contributed by atoms with Crippen molar-refractivity contribution in [1.29, 1.82) is 0 Å². The molecule has 0 radical (unpaired) electrons. The molecule has 0 aliphatic heterocycles. The second-order valence-electron chi connectivity index (χ2n) is 3.73. The number of benzene rings is 2. The highest BCUT2D eigenvalue weighted by atomic mass is 19.1. The van der Waals surface area contributed by atoms with Gasteiger partial charge in [-0.05, 0) is 29.8 Å². The summed E-state index contributed by atoms with van der Waals surface area (Å²) in [6, 6.07) is 15.2. The first-order chi connectivity index (χ1) is 8.75. The van der Waals surface area contributed by atoms with Crippen LogP contribution in [0, 0.1) is 5.82 Å². The smallest absolute Gasteiger partial charge is 0.255 e. The van der Waals surface area contributed by atoms with Crippen LogP contribution in [-0.2, 0) is 0 Å². The zero-order valence-electron chi connectivity index (χ0n) is 9.64. The summed E-state index contributed by atoms with van der Waals surface area (Å²) in [6.07, 6.45) is 3.32. The molecule has 0 aromatic heterocycles. The largest absolute Gasteiger partial charge is 0.329 e. The zero-order valence-corrected chi connectivity index (χ0v) is 9.64. The number of carbonyl (C=O) groups excluding carboxylic acids is 1. The van der Waals surface area contributed by atoms with Gasteiger partial charge in [0.05, 0.1) is 0 Å². The molecule has 2 aromatic rings. The Balaban J connectivity index is 1.99. The number of carbonyl (C=O) groups is 1. The molecule has 0 bridgehead atoms. The lowest BCUT2D eigenvalue weighted by Crippen LogP contribution is -2.16. The van der Waals surface area contributed by atoms with Gasteiger partial charge in [-0.2, -0.15) is 0 Å². The first-order valence-electron chi connectivity index (χ1n) is 5.54. The average molecular weight is 241 g/mol. The van der Waals surface area contributed by atoms with Gasteiger partial charge in [-0.3, -0.25) is 4.79 Å². The van der Waals surface area contributed by atoms with E-state index in [1.807, 2.05) is 30.3 Å². The molecule has 0 unspecified atom stereocenters. The SMILES string of the molecule is O=C(NC=Cc1ccccc1)c1cccc(F)c1. The monoisotopic (exact) mass is 241 g/mol. The third-order valence-corrected chi connectivity index (χ3v) is 2.38. The number of hydrogen-bond donors (Lipinski definition) is 1. The molecule has 2 nitrogen and oxygen atoms in total. The molecule has 1 amide bonds. The molecule has 0 spiro atoms. The summed E-state index contributed by atoms with van der Waals surface area (Å²) in [5.41, 5.74) is 1.28. The summed E-state index contributed by atoms with van der Waals surface area (Å²) in [6.45, 7) is 0. The van der Waals surface area contributed by atoms with Crippen LogP contribution in [0.4, 0.5) is 4.39 Å². The lowest BCUT2D eigenvalue weighted by Gasteiger charge is -2.00. The first-order valence-corrected chi connectivity index (χ1v) is 5.54. The van der Waals surface area contributed by atoms with Gasteiger partial charge in [0.1, 0.15) is 5.82 Å². The molecule has 0 aliphatic rings. The Morgan fingerprint density at radius 3 is 2.56 bits per heavy atom.